The van der Waals surface area contributed by atoms with Crippen molar-refractivity contribution in [2.24, 2.45) is 0 Å². The molecule has 6 nitrogen and oxygen atoms in total. The summed E-state index contributed by atoms with van der Waals surface area (Å²) in [5.41, 5.74) is 4.54. The fourth-order valence-electron chi connectivity index (χ4n) is 4.70. The number of anilines is 2. The van der Waals surface area contributed by atoms with Crippen LogP contribution in [0.15, 0.2) is 42.5 Å². The van der Waals surface area contributed by atoms with Crippen LogP contribution in [0.2, 0.25) is 0 Å². The van der Waals surface area contributed by atoms with Crippen LogP contribution in [0, 0.1) is 0 Å². The molecule has 2 aliphatic rings. The SMILES string of the molecule is CC1Cc2cc(C(=O)N(C)Cc3ccccc3N3CCCC3)ccc2N1S(C)(=O)=O. The average Bonchev–Trinajstić information content (AvgIpc) is 3.33. The molecule has 0 aliphatic carbocycles. The van der Waals surface area contributed by atoms with Crippen LogP contribution in [-0.2, 0) is 23.0 Å². The van der Waals surface area contributed by atoms with Crippen LogP contribution in [0.3, 0.4) is 0 Å². The van der Waals surface area contributed by atoms with Crippen LogP contribution >= 0.6 is 0 Å². The minimum atomic E-state index is -3.33. The average molecular weight is 428 g/mol. The molecule has 1 amide bonds. The molecule has 0 saturated carbocycles. The van der Waals surface area contributed by atoms with Gasteiger partial charge in [0.05, 0.1) is 11.9 Å². The molecule has 0 bridgehead atoms. The second-order valence-corrected chi connectivity index (χ2v) is 10.3. The molecule has 0 aromatic heterocycles. The van der Waals surface area contributed by atoms with Gasteiger partial charge in [-0.15, -0.1) is 0 Å². The molecular weight excluding hydrogens is 398 g/mol. The molecule has 2 heterocycles. The molecule has 1 saturated heterocycles. The van der Waals surface area contributed by atoms with Gasteiger partial charge in [-0.05, 0) is 61.6 Å². The number of rotatable bonds is 5. The number of fused-ring (bicyclic) bond motifs is 1. The number of para-hydroxylation sites is 1. The first-order valence-corrected chi connectivity index (χ1v) is 12.3. The molecule has 0 N–H and O–H groups in total. The highest BCUT2D eigenvalue weighted by molar-refractivity contribution is 7.92. The topological polar surface area (TPSA) is 60.9 Å². The lowest BCUT2D eigenvalue weighted by atomic mass is 10.1. The zero-order valence-corrected chi connectivity index (χ0v) is 18.7. The number of carbonyl (C=O) groups is 1. The molecule has 1 unspecified atom stereocenters. The lowest BCUT2D eigenvalue weighted by Crippen LogP contribution is -2.34. The normalized spacial score (nSPS) is 18.6. The van der Waals surface area contributed by atoms with E-state index in [1.54, 1.807) is 17.0 Å². The minimum absolute atomic E-state index is 0.0560. The molecule has 1 atom stereocenters. The summed E-state index contributed by atoms with van der Waals surface area (Å²) in [4.78, 5) is 17.3. The summed E-state index contributed by atoms with van der Waals surface area (Å²) in [6.45, 7) is 4.56. The first kappa shape index (κ1) is 20.7. The molecule has 0 spiro atoms. The Morgan fingerprint density at radius 2 is 1.80 bits per heavy atom. The zero-order valence-electron chi connectivity index (χ0n) is 17.8. The van der Waals surface area contributed by atoms with Gasteiger partial charge in [0, 0.05) is 44.0 Å². The summed E-state index contributed by atoms with van der Waals surface area (Å²) in [5, 5.41) is 0. The van der Waals surface area contributed by atoms with Gasteiger partial charge >= 0.3 is 0 Å². The van der Waals surface area contributed by atoms with Gasteiger partial charge in [0.2, 0.25) is 10.0 Å². The number of sulfonamides is 1. The van der Waals surface area contributed by atoms with Crippen LogP contribution in [0.4, 0.5) is 11.4 Å². The van der Waals surface area contributed by atoms with E-state index in [1.807, 2.05) is 32.2 Å². The maximum Gasteiger partial charge on any atom is 0.253 e. The van der Waals surface area contributed by atoms with Crippen molar-refractivity contribution in [1.82, 2.24) is 4.90 Å². The van der Waals surface area contributed by atoms with E-state index in [2.05, 4.69) is 17.0 Å². The van der Waals surface area contributed by atoms with Crippen molar-refractivity contribution in [1.29, 1.82) is 0 Å². The Balaban J connectivity index is 1.54. The molecule has 2 aromatic carbocycles. The Morgan fingerprint density at radius 1 is 1.10 bits per heavy atom. The predicted octanol–water partition coefficient (Wildman–Crippen LogP) is 3.27. The van der Waals surface area contributed by atoms with Gasteiger partial charge in [0.15, 0.2) is 0 Å². The van der Waals surface area contributed by atoms with Crippen molar-refractivity contribution in [2.45, 2.75) is 38.8 Å². The largest absolute Gasteiger partial charge is 0.371 e. The maximum atomic E-state index is 13.1. The van der Waals surface area contributed by atoms with Crippen LogP contribution in [0.25, 0.3) is 0 Å². The van der Waals surface area contributed by atoms with Crippen LogP contribution in [-0.4, -0.2) is 51.7 Å². The summed E-state index contributed by atoms with van der Waals surface area (Å²) in [5.74, 6) is -0.0560. The fourth-order valence-corrected chi connectivity index (χ4v) is 5.96. The molecule has 0 radical (unpaired) electrons. The molecular formula is C23H29N3O3S. The highest BCUT2D eigenvalue weighted by Gasteiger charge is 2.33. The van der Waals surface area contributed by atoms with Gasteiger partial charge in [0.1, 0.15) is 0 Å². The van der Waals surface area contributed by atoms with Crippen molar-refractivity contribution in [3.05, 3.63) is 59.2 Å². The number of carbonyl (C=O) groups excluding carboxylic acids is 1. The van der Waals surface area contributed by atoms with Gasteiger partial charge in [-0.2, -0.15) is 0 Å². The van der Waals surface area contributed by atoms with Crippen molar-refractivity contribution in [3.63, 3.8) is 0 Å². The molecule has 1 fully saturated rings. The summed E-state index contributed by atoms with van der Waals surface area (Å²) in [6.07, 6.45) is 4.26. The van der Waals surface area contributed by atoms with Crippen molar-refractivity contribution in [3.8, 4) is 0 Å². The smallest absolute Gasteiger partial charge is 0.253 e. The number of nitrogens with zero attached hydrogens (tertiary/aromatic N) is 3. The van der Waals surface area contributed by atoms with Crippen LogP contribution in [0.5, 0.6) is 0 Å². The van der Waals surface area contributed by atoms with E-state index in [9.17, 15) is 13.2 Å². The van der Waals surface area contributed by atoms with E-state index in [0.717, 1.165) is 24.2 Å². The third-order valence-corrected chi connectivity index (χ3v) is 7.30. The van der Waals surface area contributed by atoms with E-state index in [-0.39, 0.29) is 11.9 Å². The second-order valence-electron chi connectivity index (χ2n) is 8.44. The molecule has 2 aromatic rings. The number of hydrogen-bond donors (Lipinski definition) is 0. The third kappa shape index (κ3) is 3.90. The standard InChI is InChI=1S/C23H29N3O3S/c1-17-14-20-15-18(10-11-22(20)26(17)30(3,28)29)23(27)24(2)16-19-8-4-5-9-21(19)25-12-6-7-13-25/h4-5,8-11,15,17H,6-7,12-14,16H2,1-3H3. The van der Waals surface area contributed by atoms with Gasteiger partial charge in [-0.3, -0.25) is 9.10 Å². The third-order valence-electron chi connectivity index (χ3n) is 6.03. The lowest BCUT2D eigenvalue weighted by molar-refractivity contribution is 0.0785. The number of amides is 1. The van der Waals surface area contributed by atoms with E-state index >= 15 is 0 Å². The summed E-state index contributed by atoms with van der Waals surface area (Å²) < 4.78 is 25.7. The Kier molecular flexibility index (Phi) is 5.49. The van der Waals surface area contributed by atoms with Crippen LogP contribution in [0.1, 0.15) is 41.3 Å². The van der Waals surface area contributed by atoms with Gasteiger partial charge in [-0.1, -0.05) is 18.2 Å². The van der Waals surface area contributed by atoms with E-state index in [4.69, 9.17) is 0 Å². The van der Waals surface area contributed by atoms with Crippen molar-refractivity contribution in [2.75, 3.05) is 35.6 Å². The highest BCUT2D eigenvalue weighted by atomic mass is 32.2. The molecule has 4 rings (SSSR count). The Bertz CT molecular complexity index is 1060. The first-order chi connectivity index (χ1) is 14.3. The van der Waals surface area contributed by atoms with E-state index in [1.165, 1.54) is 29.1 Å². The summed E-state index contributed by atoms with van der Waals surface area (Å²) >= 11 is 0. The summed E-state index contributed by atoms with van der Waals surface area (Å²) in [7, 11) is -1.51. The second kappa shape index (κ2) is 7.95. The van der Waals surface area contributed by atoms with Gasteiger partial charge in [0.25, 0.3) is 5.91 Å². The number of benzene rings is 2. The van der Waals surface area contributed by atoms with Gasteiger partial charge < -0.3 is 9.80 Å². The zero-order chi connectivity index (χ0) is 21.5. The van der Waals surface area contributed by atoms with E-state index in [0.29, 0.717) is 24.2 Å². The van der Waals surface area contributed by atoms with Crippen molar-refractivity contribution >= 4 is 27.3 Å². The first-order valence-electron chi connectivity index (χ1n) is 10.5. The fraction of sp³-hybridized carbons (Fsp3) is 0.435. The molecule has 30 heavy (non-hydrogen) atoms. The maximum absolute atomic E-state index is 13.1. The Hall–Kier alpha value is -2.54. The highest BCUT2D eigenvalue weighted by Crippen LogP contribution is 2.35. The van der Waals surface area contributed by atoms with E-state index < -0.39 is 10.0 Å². The monoisotopic (exact) mass is 427 g/mol. The Labute approximate surface area is 179 Å². The lowest BCUT2D eigenvalue weighted by Gasteiger charge is -2.25. The predicted molar refractivity (Wildman–Crippen MR) is 121 cm³/mol. The van der Waals surface area contributed by atoms with Crippen molar-refractivity contribution < 1.29 is 13.2 Å². The molecule has 2 aliphatic heterocycles. The Morgan fingerprint density at radius 3 is 2.50 bits per heavy atom. The molecule has 160 valence electrons. The molecule has 7 heteroatoms. The summed E-state index contributed by atoms with van der Waals surface area (Å²) in [6, 6.07) is 13.5. The van der Waals surface area contributed by atoms with Gasteiger partial charge in [-0.25, -0.2) is 8.42 Å². The quantitative estimate of drug-likeness (QED) is 0.735. The number of hydrogen-bond acceptors (Lipinski definition) is 4. The minimum Gasteiger partial charge on any atom is -0.371 e. The van der Waals surface area contributed by atoms with Crippen LogP contribution < -0.4 is 9.21 Å².